The lowest BCUT2D eigenvalue weighted by Crippen LogP contribution is -2.36. The maximum atomic E-state index is 12.7. The van der Waals surface area contributed by atoms with Crippen molar-refractivity contribution in [3.63, 3.8) is 0 Å². The second-order valence-corrected chi connectivity index (χ2v) is 7.54. The van der Waals surface area contributed by atoms with Crippen LogP contribution in [0, 0.1) is 6.92 Å². The van der Waals surface area contributed by atoms with Crippen molar-refractivity contribution in [1.29, 1.82) is 0 Å². The van der Waals surface area contributed by atoms with Crippen LogP contribution in [0.15, 0.2) is 30.7 Å². The molecule has 0 radical (unpaired) electrons. The average molecular weight is 393 g/mol. The molecule has 5 heterocycles. The largest absolute Gasteiger partial charge is 0.378 e. The zero-order valence-electron chi connectivity index (χ0n) is 16.4. The van der Waals surface area contributed by atoms with Gasteiger partial charge >= 0.3 is 0 Å². The Kier molecular flexibility index (Phi) is 4.59. The number of likely N-dealkylation sites (tertiary alicyclic amines) is 1. The van der Waals surface area contributed by atoms with Gasteiger partial charge in [0, 0.05) is 38.3 Å². The van der Waals surface area contributed by atoms with E-state index in [1.165, 1.54) is 0 Å². The number of carbonyl (C=O) groups excluding carboxylic acids is 1. The number of aromatic nitrogens is 5. The van der Waals surface area contributed by atoms with Gasteiger partial charge in [-0.25, -0.2) is 14.5 Å². The molecular weight excluding hydrogens is 370 g/mol. The molecule has 0 aromatic carbocycles. The molecule has 0 saturated carbocycles. The van der Waals surface area contributed by atoms with E-state index in [4.69, 9.17) is 14.8 Å². The molecule has 29 heavy (non-hydrogen) atoms. The van der Waals surface area contributed by atoms with E-state index in [-0.39, 0.29) is 11.8 Å². The van der Waals surface area contributed by atoms with Crippen LogP contribution in [0.4, 0.5) is 5.69 Å². The molecule has 9 nitrogen and oxygen atoms in total. The van der Waals surface area contributed by atoms with Gasteiger partial charge in [0.15, 0.2) is 11.5 Å². The monoisotopic (exact) mass is 393 g/mol. The molecule has 5 rings (SSSR count). The number of hydrogen-bond acceptors (Lipinski definition) is 7. The molecule has 2 saturated heterocycles. The predicted molar refractivity (Wildman–Crippen MR) is 106 cm³/mol. The van der Waals surface area contributed by atoms with E-state index < -0.39 is 0 Å². The fourth-order valence-electron chi connectivity index (χ4n) is 3.89. The molecule has 2 aliphatic heterocycles. The summed E-state index contributed by atoms with van der Waals surface area (Å²) in [5.74, 6) is 0.830. The third-order valence-corrected chi connectivity index (χ3v) is 5.55. The van der Waals surface area contributed by atoms with Gasteiger partial charge < -0.3 is 14.5 Å². The molecule has 0 spiro atoms. The first-order valence-corrected chi connectivity index (χ1v) is 9.94. The molecule has 3 aromatic rings. The molecule has 3 aromatic heterocycles. The molecule has 1 amide bonds. The lowest BCUT2D eigenvalue weighted by molar-refractivity contribution is 0.0784. The second kappa shape index (κ2) is 7.40. The highest BCUT2D eigenvalue weighted by Gasteiger charge is 2.31. The smallest absolute Gasteiger partial charge is 0.274 e. The Morgan fingerprint density at radius 2 is 2.00 bits per heavy atom. The normalized spacial score (nSPS) is 19.8. The zero-order valence-corrected chi connectivity index (χ0v) is 16.4. The molecule has 0 unspecified atom stereocenters. The molecule has 0 bridgehead atoms. The van der Waals surface area contributed by atoms with E-state index in [1.54, 1.807) is 12.4 Å². The fraction of sp³-hybridized carbons (Fsp3) is 0.450. The van der Waals surface area contributed by atoms with E-state index in [2.05, 4.69) is 20.9 Å². The number of anilines is 1. The van der Waals surface area contributed by atoms with Gasteiger partial charge in [0.2, 0.25) is 0 Å². The molecule has 9 heteroatoms. The van der Waals surface area contributed by atoms with Gasteiger partial charge in [-0.2, -0.15) is 5.10 Å². The number of amides is 1. The molecular formula is C20H23N7O2. The fourth-order valence-corrected chi connectivity index (χ4v) is 3.89. The van der Waals surface area contributed by atoms with Crippen molar-refractivity contribution in [1.82, 2.24) is 29.5 Å². The molecule has 2 aliphatic rings. The number of pyridine rings is 1. The van der Waals surface area contributed by atoms with Crippen LogP contribution < -0.4 is 4.90 Å². The Morgan fingerprint density at radius 1 is 1.14 bits per heavy atom. The number of carbonyl (C=O) groups is 1. The number of hydrogen-bond donors (Lipinski definition) is 0. The Labute approximate surface area is 168 Å². The van der Waals surface area contributed by atoms with E-state index >= 15 is 0 Å². The highest BCUT2D eigenvalue weighted by molar-refractivity contribution is 5.92. The van der Waals surface area contributed by atoms with E-state index in [1.807, 2.05) is 28.6 Å². The maximum absolute atomic E-state index is 12.7. The molecule has 1 atom stereocenters. The summed E-state index contributed by atoms with van der Waals surface area (Å²) >= 11 is 0. The van der Waals surface area contributed by atoms with Crippen molar-refractivity contribution in [2.75, 3.05) is 44.3 Å². The van der Waals surface area contributed by atoms with Gasteiger partial charge in [-0.3, -0.25) is 9.78 Å². The summed E-state index contributed by atoms with van der Waals surface area (Å²) < 4.78 is 7.27. The van der Waals surface area contributed by atoms with Crippen molar-refractivity contribution in [3.05, 3.63) is 47.9 Å². The van der Waals surface area contributed by atoms with E-state index in [9.17, 15) is 4.79 Å². The summed E-state index contributed by atoms with van der Waals surface area (Å²) in [5, 5.41) is 4.71. The molecule has 150 valence electrons. The summed E-state index contributed by atoms with van der Waals surface area (Å²) in [6, 6.07) is 4.08. The van der Waals surface area contributed by atoms with Gasteiger partial charge in [-0.15, -0.1) is 0 Å². The minimum atomic E-state index is -0.0848. The average Bonchev–Trinajstić information content (AvgIpc) is 3.41. The second-order valence-electron chi connectivity index (χ2n) is 7.54. The zero-order chi connectivity index (χ0) is 19.8. The van der Waals surface area contributed by atoms with Crippen LogP contribution in [0.2, 0.25) is 0 Å². The van der Waals surface area contributed by atoms with Gasteiger partial charge in [0.25, 0.3) is 5.91 Å². The third-order valence-electron chi connectivity index (χ3n) is 5.55. The standard InChI is InChI=1S/C20H23N7O2/c1-14-10-22-17(11-21-14)20(28)26-5-4-15(12-26)19-23-18-3-2-16(13-27(18)24-19)25-6-8-29-9-7-25/h2-3,10-11,13,15H,4-9,12H2,1H3/t15-/m0/s1. The van der Waals surface area contributed by atoms with E-state index in [0.29, 0.717) is 18.8 Å². The lowest BCUT2D eigenvalue weighted by Gasteiger charge is -2.28. The maximum Gasteiger partial charge on any atom is 0.274 e. The van der Waals surface area contributed by atoms with Gasteiger partial charge in [0.1, 0.15) is 5.69 Å². The first-order valence-electron chi connectivity index (χ1n) is 9.94. The topological polar surface area (TPSA) is 88.8 Å². The summed E-state index contributed by atoms with van der Waals surface area (Å²) in [7, 11) is 0. The number of rotatable bonds is 3. The van der Waals surface area contributed by atoms with Gasteiger partial charge in [-0.1, -0.05) is 0 Å². The SMILES string of the molecule is Cc1cnc(C(=O)N2CC[C@H](c3nc4ccc(N5CCOCC5)cn4n3)C2)cn1. The summed E-state index contributed by atoms with van der Waals surface area (Å²) in [4.78, 5) is 29.9. The number of nitrogens with zero attached hydrogens (tertiary/aromatic N) is 7. The Morgan fingerprint density at radius 3 is 2.79 bits per heavy atom. The van der Waals surface area contributed by atoms with Crippen molar-refractivity contribution in [2.45, 2.75) is 19.3 Å². The quantitative estimate of drug-likeness (QED) is 0.662. The minimum Gasteiger partial charge on any atom is -0.378 e. The number of aryl methyl sites for hydroxylation is 1. The van der Waals surface area contributed by atoms with Crippen LogP contribution >= 0.6 is 0 Å². The van der Waals surface area contributed by atoms with Gasteiger partial charge in [-0.05, 0) is 25.5 Å². The first kappa shape index (κ1) is 18.0. The van der Waals surface area contributed by atoms with Crippen molar-refractivity contribution >= 4 is 17.2 Å². The minimum absolute atomic E-state index is 0.0848. The van der Waals surface area contributed by atoms with Crippen molar-refractivity contribution in [2.24, 2.45) is 0 Å². The summed E-state index contributed by atoms with van der Waals surface area (Å²) in [5.41, 5.74) is 3.13. The van der Waals surface area contributed by atoms with Crippen molar-refractivity contribution < 1.29 is 9.53 Å². The lowest BCUT2D eigenvalue weighted by atomic mass is 10.1. The number of fused-ring (bicyclic) bond motifs is 1. The van der Waals surface area contributed by atoms with Crippen LogP contribution in [-0.4, -0.2) is 74.8 Å². The van der Waals surface area contributed by atoms with Crippen molar-refractivity contribution in [3.8, 4) is 0 Å². The Bertz CT molecular complexity index is 1030. The van der Waals surface area contributed by atoms with Crippen LogP contribution in [0.25, 0.3) is 5.65 Å². The van der Waals surface area contributed by atoms with Crippen LogP contribution in [0.1, 0.15) is 34.3 Å². The predicted octanol–water partition coefficient (Wildman–Crippen LogP) is 1.29. The molecule has 2 fully saturated rings. The summed E-state index contributed by atoms with van der Waals surface area (Å²) in [6.07, 6.45) is 6.03. The van der Waals surface area contributed by atoms with Gasteiger partial charge in [0.05, 0.1) is 37.0 Å². The van der Waals surface area contributed by atoms with Crippen LogP contribution in [0.5, 0.6) is 0 Å². The Hall–Kier alpha value is -3.07. The number of morpholine rings is 1. The highest BCUT2D eigenvalue weighted by atomic mass is 16.5. The summed E-state index contributed by atoms with van der Waals surface area (Å²) in [6.45, 7) is 6.39. The first-order chi connectivity index (χ1) is 14.2. The molecule has 0 aliphatic carbocycles. The van der Waals surface area contributed by atoms with E-state index in [0.717, 1.165) is 55.6 Å². The highest BCUT2D eigenvalue weighted by Crippen LogP contribution is 2.27. The molecule has 0 N–H and O–H groups in total. The van der Waals surface area contributed by atoms with Crippen LogP contribution in [0.3, 0.4) is 0 Å². The van der Waals surface area contributed by atoms with Crippen LogP contribution in [-0.2, 0) is 4.74 Å². The third kappa shape index (κ3) is 3.53. The Balaban J connectivity index is 1.32. The number of ether oxygens (including phenoxy) is 1.